The first-order valence-corrected chi connectivity index (χ1v) is 13.5. The topological polar surface area (TPSA) is 103 Å². The van der Waals surface area contributed by atoms with Gasteiger partial charge in [0.1, 0.15) is 11.4 Å². The molecule has 0 unspecified atom stereocenters. The van der Waals surface area contributed by atoms with Crippen LogP contribution in [0.4, 0.5) is 5.69 Å². The van der Waals surface area contributed by atoms with E-state index >= 15 is 0 Å². The molecule has 1 aliphatic rings. The van der Waals surface area contributed by atoms with Gasteiger partial charge in [-0.05, 0) is 44.2 Å². The number of rotatable bonds is 9. The number of carbonyl (C=O) groups is 1. The highest BCUT2D eigenvalue weighted by molar-refractivity contribution is 7.92. The van der Waals surface area contributed by atoms with Crippen molar-refractivity contribution in [2.45, 2.75) is 30.8 Å². The number of Topliss-reactive ketones (excluding diaryl/α,β-unsaturated/α-hetero) is 1. The molecular weight excluding hydrogens is 516 g/mol. The molecule has 8 nitrogen and oxygen atoms in total. The molecule has 0 saturated carbocycles. The molecule has 4 rings (SSSR count). The molecule has 3 aromatic carbocycles. The minimum absolute atomic E-state index is 0.0231. The van der Waals surface area contributed by atoms with Gasteiger partial charge in [-0.15, -0.1) is 0 Å². The predicted molar refractivity (Wildman–Crippen MR) is 144 cm³/mol. The predicted octanol–water partition coefficient (Wildman–Crippen LogP) is 5.16. The van der Waals surface area contributed by atoms with E-state index < -0.39 is 15.6 Å². The molecule has 0 spiro atoms. The van der Waals surface area contributed by atoms with Crippen LogP contribution in [0.1, 0.15) is 30.6 Å². The zero-order valence-electron chi connectivity index (χ0n) is 21.1. The molecule has 37 heavy (non-hydrogen) atoms. The normalized spacial score (nSPS) is 17.3. The Bertz CT molecular complexity index is 1420. The molecular formula is C27H29ClN2O6S. The number of benzene rings is 3. The minimum Gasteiger partial charge on any atom is -0.493 e. The molecule has 0 aromatic heterocycles. The van der Waals surface area contributed by atoms with Gasteiger partial charge >= 0.3 is 0 Å². The number of halogens is 1. The summed E-state index contributed by atoms with van der Waals surface area (Å²) in [6.45, 7) is 4.94. The van der Waals surface area contributed by atoms with E-state index in [0.717, 1.165) is 13.0 Å². The average molecular weight is 545 g/mol. The number of anilines is 1. The average Bonchev–Trinajstić information content (AvgIpc) is 3.30. The lowest BCUT2D eigenvalue weighted by Crippen LogP contribution is -2.34. The third-order valence-corrected chi connectivity index (χ3v) is 7.98. The second-order valence-corrected chi connectivity index (χ2v) is 11.1. The van der Waals surface area contributed by atoms with Crippen molar-refractivity contribution >= 4 is 33.1 Å². The van der Waals surface area contributed by atoms with E-state index in [1.807, 2.05) is 6.92 Å². The van der Waals surface area contributed by atoms with Gasteiger partial charge in [0, 0.05) is 36.2 Å². The van der Waals surface area contributed by atoms with E-state index in [2.05, 4.69) is 10.0 Å². The summed E-state index contributed by atoms with van der Waals surface area (Å²) < 4.78 is 47.0. The van der Waals surface area contributed by atoms with Gasteiger partial charge in [-0.2, -0.15) is 0 Å². The van der Waals surface area contributed by atoms with Crippen molar-refractivity contribution in [1.29, 1.82) is 0 Å². The summed E-state index contributed by atoms with van der Waals surface area (Å²) in [4.78, 5) is 11.7. The Morgan fingerprint density at radius 1 is 1.00 bits per heavy atom. The van der Waals surface area contributed by atoms with E-state index in [0.29, 0.717) is 45.4 Å². The van der Waals surface area contributed by atoms with Crippen LogP contribution in [0.3, 0.4) is 0 Å². The molecule has 2 N–H and O–H groups in total. The number of carbonyl (C=O) groups excluding carboxylic acids is 1. The minimum atomic E-state index is -4.11. The molecule has 10 heteroatoms. The van der Waals surface area contributed by atoms with Crippen molar-refractivity contribution in [1.82, 2.24) is 5.32 Å². The number of ether oxygens (including phenoxy) is 3. The molecule has 1 saturated heterocycles. The summed E-state index contributed by atoms with van der Waals surface area (Å²) in [5, 5.41) is 3.64. The summed E-state index contributed by atoms with van der Waals surface area (Å²) in [7, 11) is -1.20. The molecule has 1 heterocycles. The van der Waals surface area contributed by atoms with Crippen LogP contribution < -0.4 is 24.2 Å². The smallest absolute Gasteiger partial charge is 0.262 e. The van der Waals surface area contributed by atoms with Crippen LogP contribution in [-0.4, -0.2) is 47.1 Å². The zero-order valence-corrected chi connectivity index (χ0v) is 22.6. The maximum Gasteiger partial charge on any atom is 0.262 e. The van der Waals surface area contributed by atoms with Crippen molar-refractivity contribution in [3.05, 3.63) is 65.2 Å². The number of ketones is 1. The fourth-order valence-corrected chi connectivity index (χ4v) is 5.63. The number of hydrogen-bond acceptors (Lipinski definition) is 7. The van der Waals surface area contributed by atoms with Crippen molar-refractivity contribution < 1.29 is 27.4 Å². The maximum atomic E-state index is 13.7. The van der Waals surface area contributed by atoms with Crippen LogP contribution >= 0.6 is 11.6 Å². The fourth-order valence-electron chi connectivity index (χ4n) is 4.19. The largest absolute Gasteiger partial charge is 0.493 e. The monoisotopic (exact) mass is 544 g/mol. The molecule has 0 radical (unpaired) electrons. The SMILES string of the molecule is COc1cc(-c2ccc(C(C)=O)cc2)c(S(=O)(=O)Nc2ccc(Cl)c(O[C@]3(C)CCNC3)c2)cc1OC. The molecule has 1 aliphatic heterocycles. The Morgan fingerprint density at radius 2 is 1.68 bits per heavy atom. The van der Waals surface area contributed by atoms with Crippen LogP contribution in [0, 0.1) is 0 Å². The van der Waals surface area contributed by atoms with E-state index in [1.54, 1.807) is 48.5 Å². The maximum absolute atomic E-state index is 13.7. The zero-order chi connectivity index (χ0) is 26.8. The second-order valence-electron chi connectivity index (χ2n) is 9.07. The van der Waals surface area contributed by atoms with Crippen molar-refractivity contribution in [2.75, 3.05) is 32.0 Å². The van der Waals surface area contributed by atoms with Gasteiger partial charge in [-0.3, -0.25) is 9.52 Å². The fraction of sp³-hybridized carbons (Fsp3) is 0.296. The van der Waals surface area contributed by atoms with Gasteiger partial charge in [0.2, 0.25) is 0 Å². The number of nitrogens with one attached hydrogen (secondary N) is 2. The quantitative estimate of drug-likeness (QED) is 0.359. The molecule has 1 atom stereocenters. The van der Waals surface area contributed by atoms with Crippen LogP contribution in [0.25, 0.3) is 11.1 Å². The third kappa shape index (κ3) is 5.84. The number of hydrogen-bond donors (Lipinski definition) is 2. The highest BCUT2D eigenvalue weighted by atomic mass is 35.5. The first kappa shape index (κ1) is 26.8. The lowest BCUT2D eigenvalue weighted by molar-refractivity contribution is 0.101. The van der Waals surface area contributed by atoms with E-state index in [9.17, 15) is 13.2 Å². The molecule has 0 bridgehead atoms. The Labute approximate surface area is 221 Å². The van der Waals surface area contributed by atoms with Crippen LogP contribution in [0.5, 0.6) is 17.2 Å². The van der Waals surface area contributed by atoms with Crippen LogP contribution in [0.2, 0.25) is 5.02 Å². The molecule has 1 fully saturated rings. The Kier molecular flexibility index (Phi) is 7.68. The van der Waals surface area contributed by atoms with Crippen molar-refractivity contribution in [3.63, 3.8) is 0 Å². The Balaban J connectivity index is 1.75. The van der Waals surface area contributed by atoms with Gasteiger partial charge in [0.25, 0.3) is 10.0 Å². The third-order valence-electron chi connectivity index (χ3n) is 6.25. The van der Waals surface area contributed by atoms with E-state index in [1.165, 1.54) is 27.2 Å². The van der Waals surface area contributed by atoms with Gasteiger partial charge in [-0.25, -0.2) is 8.42 Å². The van der Waals surface area contributed by atoms with Gasteiger partial charge < -0.3 is 19.5 Å². The van der Waals surface area contributed by atoms with Gasteiger partial charge in [0.15, 0.2) is 17.3 Å². The van der Waals surface area contributed by atoms with Crippen LogP contribution in [-0.2, 0) is 10.0 Å². The summed E-state index contributed by atoms with van der Waals surface area (Å²) in [6.07, 6.45) is 0.802. The van der Waals surface area contributed by atoms with Gasteiger partial charge in [0.05, 0.1) is 29.8 Å². The molecule has 0 aliphatic carbocycles. The summed E-state index contributed by atoms with van der Waals surface area (Å²) in [6, 6.07) is 14.4. The lowest BCUT2D eigenvalue weighted by Gasteiger charge is -2.26. The first-order chi connectivity index (χ1) is 17.5. The number of methoxy groups -OCH3 is 2. The highest BCUT2D eigenvalue weighted by Crippen LogP contribution is 2.39. The molecule has 0 amide bonds. The summed E-state index contributed by atoms with van der Waals surface area (Å²) in [5.41, 5.74) is 1.35. The highest BCUT2D eigenvalue weighted by Gasteiger charge is 2.31. The van der Waals surface area contributed by atoms with Crippen molar-refractivity contribution in [3.8, 4) is 28.4 Å². The number of sulfonamides is 1. The van der Waals surface area contributed by atoms with E-state index in [4.69, 9.17) is 25.8 Å². The van der Waals surface area contributed by atoms with Crippen molar-refractivity contribution in [2.24, 2.45) is 0 Å². The first-order valence-electron chi connectivity index (χ1n) is 11.6. The Hall–Kier alpha value is -3.27. The van der Waals surface area contributed by atoms with Gasteiger partial charge in [-0.1, -0.05) is 35.9 Å². The Morgan fingerprint density at radius 3 is 2.27 bits per heavy atom. The summed E-state index contributed by atoms with van der Waals surface area (Å²) in [5.74, 6) is 0.929. The standard InChI is InChI=1S/C27H29ClN2O6S/c1-17(31)18-5-7-19(8-6-18)21-14-24(34-3)25(35-4)15-26(21)37(32,33)30-20-9-10-22(28)23(13-20)36-27(2)11-12-29-16-27/h5-10,13-15,29-30H,11-12,16H2,1-4H3/t27-/m1/s1. The molecule has 196 valence electrons. The summed E-state index contributed by atoms with van der Waals surface area (Å²) >= 11 is 6.36. The van der Waals surface area contributed by atoms with E-state index in [-0.39, 0.29) is 16.4 Å². The molecule has 3 aromatic rings. The van der Waals surface area contributed by atoms with Crippen LogP contribution in [0.15, 0.2) is 59.5 Å². The lowest BCUT2D eigenvalue weighted by atomic mass is 10.0. The second kappa shape index (κ2) is 10.6.